The highest BCUT2D eigenvalue weighted by molar-refractivity contribution is 6.04. The number of nitrogens with zero attached hydrogens (tertiary/aromatic N) is 1. The quantitative estimate of drug-likeness (QED) is 0.132. The van der Waals surface area contributed by atoms with E-state index in [-0.39, 0.29) is 0 Å². The van der Waals surface area contributed by atoms with E-state index in [9.17, 15) is 0 Å². The van der Waals surface area contributed by atoms with Crippen molar-refractivity contribution in [3.05, 3.63) is 242 Å². The van der Waals surface area contributed by atoms with Gasteiger partial charge in [0.1, 0.15) is 0 Å². The van der Waals surface area contributed by atoms with Gasteiger partial charge >= 0.3 is 0 Å². The third kappa shape index (κ3) is 7.85. The van der Waals surface area contributed by atoms with Crippen molar-refractivity contribution in [1.82, 2.24) is 5.32 Å². The Bertz CT molecular complexity index is 2910. The first-order valence-electron chi connectivity index (χ1n) is 20.2. The van der Waals surface area contributed by atoms with Crippen molar-refractivity contribution in [1.29, 1.82) is 0 Å². The lowest BCUT2D eigenvalue weighted by atomic mass is 9.87. The van der Waals surface area contributed by atoms with Crippen molar-refractivity contribution in [2.75, 3.05) is 11.9 Å². The highest BCUT2D eigenvalue weighted by atomic mass is 15.1. The maximum Gasteiger partial charge on any atom is 0.0540 e. The van der Waals surface area contributed by atoms with Gasteiger partial charge in [-0.3, -0.25) is 0 Å². The molecule has 59 heavy (non-hydrogen) atoms. The van der Waals surface area contributed by atoms with E-state index in [2.05, 4.69) is 235 Å². The zero-order valence-electron chi connectivity index (χ0n) is 33.0. The summed E-state index contributed by atoms with van der Waals surface area (Å²) >= 11 is 0. The Hall–Kier alpha value is -7.68. The molecule has 0 saturated carbocycles. The number of benzene rings is 9. The van der Waals surface area contributed by atoms with Crippen LogP contribution < -0.4 is 10.2 Å². The highest BCUT2D eigenvalue weighted by Gasteiger charge is 2.20. The number of nitrogens with one attached hydrogen (secondary N) is 1. The molecule has 0 aliphatic rings. The molecule has 282 valence electrons. The number of fused-ring (bicyclic) bond motifs is 2. The van der Waals surface area contributed by atoms with E-state index in [1.165, 1.54) is 49.4 Å². The number of rotatable bonds is 11. The fraction of sp³-hybridized carbons (Fsp3) is 0.0175. The topological polar surface area (TPSA) is 15.3 Å². The predicted octanol–water partition coefficient (Wildman–Crippen LogP) is 15.4. The van der Waals surface area contributed by atoms with Crippen LogP contribution in [-0.4, -0.2) is 7.05 Å². The highest BCUT2D eigenvalue weighted by Crippen LogP contribution is 2.45. The summed E-state index contributed by atoms with van der Waals surface area (Å²) in [4.78, 5) is 2.44. The average molecular weight is 757 g/mol. The molecule has 0 aliphatic heterocycles. The second-order valence-corrected chi connectivity index (χ2v) is 14.6. The Morgan fingerprint density at radius 1 is 0.390 bits per heavy atom. The van der Waals surface area contributed by atoms with Crippen LogP contribution in [0.5, 0.6) is 0 Å². The Morgan fingerprint density at radius 3 is 1.66 bits per heavy atom. The van der Waals surface area contributed by atoms with E-state index in [4.69, 9.17) is 0 Å². The molecule has 2 nitrogen and oxygen atoms in total. The van der Waals surface area contributed by atoms with Crippen LogP contribution in [0.25, 0.3) is 72.1 Å². The van der Waals surface area contributed by atoms with Gasteiger partial charge in [-0.2, -0.15) is 0 Å². The SMILES string of the molecule is CN/C=C/C=C\C=C/c1cccc(-c2cccc(N(c3cc(-c4ccccc4)cc(-c4ccccc4)c3)c3cccc4ccccc34)c2)c1-c1cccc2ccccc12. The van der Waals surface area contributed by atoms with E-state index in [1.807, 2.05) is 25.4 Å². The molecule has 0 bridgehead atoms. The molecule has 0 aromatic heterocycles. The zero-order valence-corrected chi connectivity index (χ0v) is 33.0. The summed E-state index contributed by atoms with van der Waals surface area (Å²) in [7, 11) is 1.90. The molecule has 0 spiro atoms. The summed E-state index contributed by atoms with van der Waals surface area (Å²) in [5, 5.41) is 7.88. The molecule has 0 heterocycles. The summed E-state index contributed by atoms with van der Waals surface area (Å²) in [6, 6.07) is 74.7. The van der Waals surface area contributed by atoms with Crippen molar-refractivity contribution in [3.63, 3.8) is 0 Å². The van der Waals surface area contributed by atoms with Gasteiger partial charge in [-0.15, -0.1) is 0 Å². The largest absolute Gasteiger partial charge is 0.394 e. The summed E-state index contributed by atoms with van der Waals surface area (Å²) in [5.74, 6) is 0. The number of allylic oxidation sites excluding steroid dienone is 4. The minimum atomic E-state index is 1.08. The Morgan fingerprint density at radius 2 is 0.932 bits per heavy atom. The maximum absolute atomic E-state index is 3.05. The lowest BCUT2D eigenvalue weighted by Crippen LogP contribution is -2.11. The molecule has 2 heteroatoms. The normalized spacial score (nSPS) is 11.6. The van der Waals surface area contributed by atoms with Gasteiger partial charge in [0.25, 0.3) is 0 Å². The molecule has 0 unspecified atom stereocenters. The van der Waals surface area contributed by atoms with Crippen LogP contribution in [0, 0.1) is 0 Å². The third-order valence-corrected chi connectivity index (χ3v) is 10.8. The minimum absolute atomic E-state index is 1.08. The monoisotopic (exact) mass is 756 g/mol. The van der Waals surface area contributed by atoms with Gasteiger partial charge in [-0.25, -0.2) is 0 Å². The molecule has 1 N–H and O–H groups in total. The summed E-state index contributed by atoms with van der Waals surface area (Å²) in [6.07, 6.45) is 12.4. The molecule has 0 atom stereocenters. The van der Waals surface area contributed by atoms with Crippen molar-refractivity contribution in [2.45, 2.75) is 0 Å². The second-order valence-electron chi connectivity index (χ2n) is 14.6. The van der Waals surface area contributed by atoms with Crippen LogP contribution in [0.1, 0.15) is 5.56 Å². The van der Waals surface area contributed by atoms with Crippen molar-refractivity contribution in [3.8, 4) is 44.5 Å². The van der Waals surface area contributed by atoms with E-state index < -0.39 is 0 Å². The van der Waals surface area contributed by atoms with Gasteiger partial charge in [-0.1, -0.05) is 194 Å². The molecular weight excluding hydrogens is 713 g/mol. The Labute approximate surface area is 347 Å². The number of anilines is 3. The second kappa shape index (κ2) is 17.2. The Kier molecular flexibility index (Phi) is 10.8. The van der Waals surface area contributed by atoms with Gasteiger partial charge in [0.15, 0.2) is 0 Å². The van der Waals surface area contributed by atoms with E-state index in [0.717, 1.165) is 39.3 Å². The van der Waals surface area contributed by atoms with Gasteiger partial charge in [0, 0.05) is 23.8 Å². The molecule has 0 radical (unpaired) electrons. The maximum atomic E-state index is 3.05. The fourth-order valence-corrected chi connectivity index (χ4v) is 8.11. The molecule has 9 rings (SSSR count). The smallest absolute Gasteiger partial charge is 0.0540 e. The fourth-order valence-electron chi connectivity index (χ4n) is 8.11. The Balaban J connectivity index is 1.27. The summed E-state index contributed by atoms with van der Waals surface area (Å²) < 4.78 is 0. The van der Waals surface area contributed by atoms with Crippen molar-refractivity contribution >= 4 is 44.7 Å². The van der Waals surface area contributed by atoms with Gasteiger partial charge in [-0.05, 0) is 115 Å². The van der Waals surface area contributed by atoms with E-state index in [0.29, 0.717) is 0 Å². The van der Waals surface area contributed by atoms with Crippen LogP contribution >= 0.6 is 0 Å². The molecule has 9 aromatic rings. The van der Waals surface area contributed by atoms with Crippen LogP contribution in [0.4, 0.5) is 17.1 Å². The number of hydrogen-bond acceptors (Lipinski definition) is 2. The average Bonchev–Trinajstić information content (AvgIpc) is 3.30. The van der Waals surface area contributed by atoms with Crippen LogP contribution in [-0.2, 0) is 0 Å². The van der Waals surface area contributed by atoms with Gasteiger partial charge in [0.2, 0.25) is 0 Å². The lowest BCUT2D eigenvalue weighted by Gasteiger charge is -2.29. The molecule has 9 aromatic carbocycles. The van der Waals surface area contributed by atoms with Crippen molar-refractivity contribution in [2.24, 2.45) is 0 Å². The molecular formula is C57H44N2. The predicted molar refractivity (Wildman–Crippen MR) is 254 cm³/mol. The molecule has 0 saturated heterocycles. The van der Waals surface area contributed by atoms with Crippen LogP contribution in [0.15, 0.2) is 237 Å². The summed E-state index contributed by atoms with van der Waals surface area (Å²) in [5.41, 5.74) is 13.8. The van der Waals surface area contributed by atoms with Crippen LogP contribution in [0.3, 0.4) is 0 Å². The molecule has 0 amide bonds. The summed E-state index contributed by atoms with van der Waals surface area (Å²) in [6.45, 7) is 0. The minimum Gasteiger partial charge on any atom is -0.394 e. The first kappa shape index (κ1) is 36.9. The first-order chi connectivity index (χ1) is 29.2. The third-order valence-electron chi connectivity index (χ3n) is 10.8. The van der Waals surface area contributed by atoms with Gasteiger partial charge < -0.3 is 10.2 Å². The molecule has 0 fully saturated rings. The van der Waals surface area contributed by atoms with Gasteiger partial charge in [0.05, 0.1) is 5.69 Å². The first-order valence-corrected chi connectivity index (χ1v) is 20.2. The van der Waals surface area contributed by atoms with Crippen molar-refractivity contribution < 1.29 is 0 Å². The lowest BCUT2D eigenvalue weighted by molar-refractivity contribution is 1.10. The zero-order chi connectivity index (χ0) is 39.8. The standard InChI is InChI=1S/C57H44N2/c1-58-37-15-3-2-6-26-46-29-18-34-54(57(46)55-35-17-27-44-24-11-13-32-52(44)55)47-30-16-31-50(39-47)59(56-36-19-28-45-25-12-14-33-53(45)56)51-40-48(42-20-7-4-8-21-42)38-49(41-51)43-22-9-5-10-23-43/h2-41,58H,1H3/b3-2-,26-6-,37-15+. The van der Waals surface area contributed by atoms with E-state index in [1.54, 1.807) is 0 Å². The van der Waals surface area contributed by atoms with Crippen LogP contribution in [0.2, 0.25) is 0 Å². The molecule has 0 aliphatic carbocycles. The number of hydrogen-bond donors (Lipinski definition) is 1. The van der Waals surface area contributed by atoms with E-state index >= 15 is 0 Å².